The van der Waals surface area contributed by atoms with E-state index in [-0.39, 0.29) is 24.6 Å². The highest BCUT2D eigenvalue weighted by Crippen LogP contribution is 2.18. The Hall–Kier alpha value is -3.09. The van der Waals surface area contributed by atoms with Gasteiger partial charge in [0.1, 0.15) is 23.9 Å². The van der Waals surface area contributed by atoms with Gasteiger partial charge < -0.3 is 20.1 Å². The monoisotopic (exact) mass is 346 g/mol. The quantitative estimate of drug-likeness (QED) is 0.714. The van der Waals surface area contributed by atoms with Gasteiger partial charge in [0.15, 0.2) is 0 Å². The second-order valence-electron chi connectivity index (χ2n) is 5.07. The van der Waals surface area contributed by atoms with Crippen LogP contribution < -0.4 is 20.1 Å². The Labute approximate surface area is 144 Å². The van der Waals surface area contributed by atoms with E-state index in [1.54, 1.807) is 31.4 Å². The summed E-state index contributed by atoms with van der Waals surface area (Å²) in [5.74, 6) is 0.112. The first kappa shape index (κ1) is 18.3. The molecule has 0 spiro atoms. The largest absolute Gasteiger partial charge is 0.497 e. The molecule has 0 unspecified atom stereocenters. The minimum Gasteiger partial charge on any atom is -0.497 e. The Morgan fingerprint density at radius 2 is 1.76 bits per heavy atom. The number of hydrogen-bond donors (Lipinski definition) is 2. The SMILES string of the molecule is COc1cccc(OCCNC(=O)CNC(=O)c2ccc(F)cc2)c1. The Kier molecular flexibility index (Phi) is 6.76. The minimum absolute atomic E-state index is 0.171. The lowest BCUT2D eigenvalue weighted by Crippen LogP contribution is -2.38. The standard InChI is InChI=1S/C18H19FN2O4/c1-24-15-3-2-4-16(11-15)25-10-9-20-17(22)12-21-18(23)13-5-7-14(19)8-6-13/h2-8,11H,9-10,12H2,1H3,(H,20,22)(H,21,23). The van der Waals surface area contributed by atoms with Gasteiger partial charge in [0.2, 0.25) is 5.91 Å². The first-order valence-corrected chi connectivity index (χ1v) is 7.66. The van der Waals surface area contributed by atoms with Crippen molar-refractivity contribution in [3.05, 3.63) is 59.9 Å². The van der Waals surface area contributed by atoms with Crippen LogP contribution in [0.2, 0.25) is 0 Å². The van der Waals surface area contributed by atoms with Crippen LogP contribution in [0.4, 0.5) is 4.39 Å². The van der Waals surface area contributed by atoms with E-state index < -0.39 is 11.7 Å². The van der Waals surface area contributed by atoms with Gasteiger partial charge in [-0.05, 0) is 36.4 Å². The van der Waals surface area contributed by atoms with Gasteiger partial charge in [-0.2, -0.15) is 0 Å². The van der Waals surface area contributed by atoms with Crippen LogP contribution in [-0.2, 0) is 4.79 Å². The van der Waals surface area contributed by atoms with Gasteiger partial charge in [0.25, 0.3) is 5.91 Å². The first-order valence-electron chi connectivity index (χ1n) is 7.66. The number of rotatable bonds is 8. The molecule has 0 saturated heterocycles. The molecule has 0 atom stereocenters. The molecule has 7 heteroatoms. The fourth-order valence-electron chi connectivity index (χ4n) is 1.98. The van der Waals surface area contributed by atoms with Crippen LogP contribution >= 0.6 is 0 Å². The summed E-state index contributed by atoms with van der Waals surface area (Å²) in [7, 11) is 1.57. The van der Waals surface area contributed by atoms with Crippen molar-refractivity contribution >= 4 is 11.8 Å². The van der Waals surface area contributed by atoms with Crippen molar-refractivity contribution in [3.63, 3.8) is 0 Å². The van der Waals surface area contributed by atoms with E-state index in [0.717, 1.165) is 0 Å². The van der Waals surface area contributed by atoms with Crippen LogP contribution in [0.15, 0.2) is 48.5 Å². The van der Waals surface area contributed by atoms with Crippen molar-refractivity contribution < 1.29 is 23.5 Å². The molecule has 0 aliphatic rings. The number of carbonyl (C=O) groups is 2. The Morgan fingerprint density at radius 1 is 1.04 bits per heavy atom. The number of hydrogen-bond acceptors (Lipinski definition) is 4. The topological polar surface area (TPSA) is 76.7 Å². The summed E-state index contributed by atoms with van der Waals surface area (Å²) < 4.78 is 23.4. The van der Waals surface area contributed by atoms with E-state index in [1.807, 2.05) is 0 Å². The second-order valence-corrected chi connectivity index (χ2v) is 5.07. The molecule has 2 aromatic carbocycles. The molecular formula is C18H19FN2O4. The molecule has 0 radical (unpaired) electrons. The van der Waals surface area contributed by atoms with Crippen LogP contribution in [-0.4, -0.2) is 38.6 Å². The number of benzene rings is 2. The highest BCUT2D eigenvalue weighted by molar-refractivity contribution is 5.96. The molecule has 0 aliphatic heterocycles. The molecule has 0 aromatic heterocycles. The Bertz CT molecular complexity index is 719. The fourth-order valence-corrected chi connectivity index (χ4v) is 1.98. The zero-order valence-corrected chi connectivity index (χ0v) is 13.8. The second kappa shape index (κ2) is 9.27. The zero-order valence-electron chi connectivity index (χ0n) is 13.8. The maximum atomic E-state index is 12.8. The average molecular weight is 346 g/mol. The summed E-state index contributed by atoms with van der Waals surface area (Å²) in [5.41, 5.74) is 0.288. The van der Waals surface area contributed by atoms with Crippen molar-refractivity contribution in [3.8, 4) is 11.5 Å². The lowest BCUT2D eigenvalue weighted by atomic mass is 10.2. The third-order valence-electron chi connectivity index (χ3n) is 3.25. The predicted molar refractivity (Wildman–Crippen MR) is 90.2 cm³/mol. The van der Waals surface area contributed by atoms with E-state index in [4.69, 9.17) is 9.47 Å². The van der Waals surface area contributed by atoms with Gasteiger partial charge in [0.05, 0.1) is 20.2 Å². The van der Waals surface area contributed by atoms with Gasteiger partial charge in [-0.3, -0.25) is 9.59 Å². The summed E-state index contributed by atoms with van der Waals surface area (Å²) in [6, 6.07) is 12.2. The summed E-state index contributed by atoms with van der Waals surface area (Å²) in [5, 5.41) is 5.09. The maximum Gasteiger partial charge on any atom is 0.251 e. The number of ether oxygens (including phenoxy) is 2. The third kappa shape index (κ3) is 6.14. The molecule has 2 N–H and O–H groups in total. The molecule has 6 nitrogen and oxygen atoms in total. The van der Waals surface area contributed by atoms with E-state index in [1.165, 1.54) is 24.3 Å². The molecule has 0 aliphatic carbocycles. The predicted octanol–water partition coefficient (Wildman–Crippen LogP) is 1.76. The molecule has 2 aromatic rings. The fraction of sp³-hybridized carbons (Fsp3) is 0.222. The number of nitrogens with one attached hydrogen (secondary N) is 2. The van der Waals surface area contributed by atoms with Crippen molar-refractivity contribution in [2.75, 3.05) is 26.8 Å². The van der Waals surface area contributed by atoms with Crippen LogP contribution in [0.1, 0.15) is 10.4 Å². The highest BCUT2D eigenvalue weighted by atomic mass is 19.1. The summed E-state index contributed by atoms with van der Waals surface area (Å²) in [6.07, 6.45) is 0. The molecule has 0 fully saturated rings. The maximum absolute atomic E-state index is 12.8. The van der Waals surface area contributed by atoms with Gasteiger partial charge in [0, 0.05) is 11.6 Å². The van der Waals surface area contributed by atoms with Crippen molar-refractivity contribution in [2.45, 2.75) is 0 Å². The van der Waals surface area contributed by atoms with Gasteiger partial charge >= 0.3 is 0 Å². The van der Waals surface area contributed by atoms with E-state index in [0.29, 0.717) is 18.0 Å². The molecule has 0 heterocycles. The zero-order chi connectivity index (χ0) is 18.1. The lowest BCUT2D eigenvalue weighted by molar-refractivity contribution is -0.120. The van der Waals surface area contributed by atoms with Crippen LogP contribution in [0.5, 0.6) is 11.5 Å². The van der Waals surface area contributed by atoms with Crippen LogP contribution in [0.3, 0.4) is 0 Å². The number of carbonyl (C=O) groups excluding carboxylic acids is 2. The van der Waals surface area contributed by atoms with Crippen molar-refractivity contribution in [1.29, 1.82) is 0 Å². The third-order valence-corrected chi connectivity index (χ3v) is 3.25. The molecule has 2 amide bonds. The van der Waals surface area contributed by atoms with Crippen LogP contribution in [0.25, 0.3) is 0 Å². The Morgan fingerprint density at radius 3 is 2.48 bits per heavy atom. The summed E-state index contributed by atoms with van der Waals surface area (Å²) in [4.78, 5) is 23.5. The van der Waals surface area contributed by atoms with Crippen molar-refractivity contribution in [2.24, 2.45) is 0 Å². The number of amides is 2. The van der Waals surface area contributed by atoms with Crippen LogP contribution in [0, 0.1) is 5.82 Å². The molecule has 25 heavy (non-hydrogen) atoms. The van der Waals surface area contributed by atoms with E-state index >= 15 is 0 Å². The minimum atomic E-state index is -0.442. The van der Waals surface area contributed by atoms with E-state index in [2.05, 4.69) is 10.6 Å². The highest BCUT2D eigenvalue weighted by Gasteiger charge is 2.08. The molecule has 132 valence electrons. The Balaban J connectivity index is 1.65. The smallest absolute Gasteiger partial charge is 0.251 e. The molecule has 0 bridgehead atoms. The number of halogens is 1. The molecular weight excluding hydrogens is 327 g/mol. The molecule has 0 saturated carbocycles. The van der Waals surface area contributed by atoms with Gasteiger partial charge in [-0.15, -0.1) is 0 Å². The van der Waals surface area contributed by atoms with Crippen molar-refractivity contribution in [1.82, 2.24) is 10.6 Å². The summed E-state index contributed by atoms with van der Waals surface area (Å²) >= 11 is 0. The van der Waals surface area contributed by atoms with E-state index in [9.17, 15) is 14.0 Å². The lowest BCUT2D eigenvalue weighted by Gasteiger charge is -2.09. The number of methoxy groups -OCH3 is 1. The van der Waals surface area contributed by atoms with Gasteiger partial charge in [-0.25, -0.2) is 4.39 Å². The van der Waals surface area contributed by atoms with Gasteiger partial charge in [-0.1, -0.05) is 6.07 Å². The molecule has 2 rings (SSSR count). The normalized spacial score (nSPS) is 10.0. The first-order chi connectivity index (χ1) is 12.1. The average Bonchev–Trinajstić information content (AvgIpc) is 2.64. The summed E-state index contributed by atoms with van der Waals surface area (Å²) in [6.45, 7) is 0.405.